The molecule has 0 radical (unpaired) electrons. The quantitative estimate of drug-likeness (QED) is 0.404. The molecule has 2 amide bonds. The molecule has 0 spiro atoms. The van der Waals surface area contributed by atoms with E-state index in [4.69, 9.17) is 23.2 Å². The fraction of sp³-hybridized carbons (Fsp3) is 0.462. The molecule has 3 rings (SSSR count). The summed E-state index contributed by atoms with van der Waals surface area (Å²) in [6.45, 7) is 1.80. The molecule has 1 atom stereocenters. The van der Waals surface area contributed by atoms with E-state index < -0.39 is 21.9 Å². The van der Waals surface area contributed by atoms with Gasteiger partial charge in [0.1, 0.15) is 11.9 Å². The lowest BCUT2D eigenvalue weighted by Crippen LogP contribution is -2.49. The molecule has 11 heteroatoms. The largest absolute Gasteiger partial charge is 0.352 e. The fourth-order valence-corrected chi connectivity index (χ4v) is 5.85. The van der Waals surface area contributed by atoms with Gasteiger partial charge in [0.05, 0.1) is 11.9 Å². The van der Waals surface area contributed by atoms with Crippen molar-refractivity contribution < 1.29 is 22.4 Å². The van der Waals surface area contributed by atoms with Crippen molar-refractivity contribution in [1.29, 1.82) is 0 Å². The number of hydrogen-bond acceptors (Lipinski definition) is 4. The highest BCUT2D eigenvalue weighted by Crippen LogP contribution is 2.25. The molecule has 7 nitrogen and oxygen atoms in total. The van der Waals surface area contributed by atoms with E-state index in [-0.39, 0.29) is 43.8 Å². The van der Waals surface area contributed by atoms with Gasteiger partial charge < -0.3 is 10.2 Å². The first-order valence-corrected chi connectivity index (χ1v) is 14.8. The van der Waals surface area contributed by atoms with Gasteiger partial charge in [-0.25, -0.2) is 12.8 Å². The lowest BCUT2D eigenvalue weighted by atomic mass is 10.1. The second-order valence-electron chi connectivity index (χ2n) is 9.34. The van der Waals surface area contributed by atoms with Crippen LogP contribution in [0.4, 0.5) is 10.1 Å². The standard InChI is InChI=1S/C26H32Cl2FN3O4S/c1-18(26(34)30-22-6-3-4-7-22)31(17-19-9-10-20(27)16-24(19)28)25(33)8-5-15-32(37(2,35)36)23-13-11-21(29)12-14-23/h9-14,16,18,22H,3-8,15,17H2,1-2H3,(H,30,34)/t18-/m0/s1. The minimum Gasteiger partial charge on any atom is -0.352 e. The Morgan fingerprint density at radius 1 is 1.11 bits per heavy atom. The van der Waals surface area contributed by atoms with Crippen LogP contribution in [0.1, 0.15) is 51.0 Å². The number of rotatable bonds is 11. The molecule has 1 aliphatic rings. The van der Waals surface area contributed by atoms with E-state index in [1.165, 1.54) is 29.2 Å². The summed E-state index contributed by atoms with van der Waals surface area (Å²) in [6, 6.07) is 9.42. The number of hydrogen-bond donors (Lipinski definition) is 1. The Labute approximate surface area is 228 Å². The second-order valence-corrected chi connectivity index (χ2v) is 12.1. The van der Waals surface area contributed by atoms with Crippen LogP contribution in [0.15, 0.2) is 42.5 Å². The average Bonchev–Trinajstić information content (AvgIpc) is 3.34. The Balaban J connectivity index is 1.74. The molecule has 2 aromatic rings. The lowest BCUT2D eigenvalue weighted by molar-refractivity contribution is -0.140. The molecule has 0 bridgehead atoms. The van der Waals surface area contributed by atoms with Crippen molar-refractivity contribution in [1.82, 2.24) is 10.2 Å². The van der Waals surface area contributed by atoms with E-state index >= 15 is 0 Å². The van der Waals surface area contributed by atoms with Crippen LogP contribution in [0.2, 0.25) is 10.0 Å². The summed E-state index contributed by atoms with van der Waals surface area (Å²) < 4.78 is 39.2. The van der Waals surface area contributed by atoms with Crippen molar-refractivity contribution >= 4 is 50.7 Å². The Bertz CT molecular complexity index is 1200. The Morgan fingerprint density at radius 3 is 2.35 bits per heavy atom. The number of amides is 2. The molecule has 1 N–H and O–H groups in total. The van der Waals surface area contributed by atoms with Crippen molar-refractivity contribution in [2.45, 2.75) is 64.1 Å². The zero-order chi connectivity index (χ0) is 27.2. The van der Waals surface area contributed by atoms with E-state index in [0.29, 0.717) is 21.3 Å². The second kappa shape index (κ2) is 12.9. The Kier molecular flexibility index (Phi) is 10.2. The Morgan fingerprint density at radius 2 is 1.76 bits per heavy atom. The van der Waals surface area contributed by atoms with Gasteiger partial charge in [-0.3, -0.25) is 13.9 Å². The Hall–Kier alpha value is -2.36. The number of nitrogens with zero attached hydrogens (tertiary/aromatic N) is 2. The van der Waals surface area contributed by atoms with Gasteiger partial charge in [-0.05, 0) is 68.1 Å². The van der Waals surface area contributed by atoms with Crippen molar-refractivity contribution in [3.63, 3.8) is 0 Å². The van der Waals surface area contributed by atoms with E-state index in [9.17, 15) is 22.4 Å². The van der Waals surface area contributed by atoms with Crippen LogP contribution in [-0.4, -0.2) is 50.0 Å². The van der Waals surface area contributed by atoms with Crippen molar-refractivity contribution in [2.75, 3.05) is 17.1 Å². The molecule has 2 aromatic carbocycles. The molecule has 202 valence electrons. The van der Waals surface area contributed by atoms with Crippen molar-refractivity contribution in [3.8, 4) is 0 Å². The molecule has 0 heterocycles. The van der Waals surface area contributed by atoms with Crippen LogP contribution < -0.4 is 9.62 Å². The third-order valence-corrected chi connectivity index (χ3v) is 8.27. The highest BCUT2D eigenvalue weighted by molar-refractivity contribution is 7.92. The molecular weight excluding hydrogens is 540 g/mol. The van der Waals surface area contributed by atoms with E-state index in [0.717, 1.165) is 36.2 Å². The topological polar surface area (TPSA) is 86.8 Å². The minimum atomic E-state index is -3.66. The summed E-state index contributed by atoms with van der Waals surface area (Å²) in [6.07, 6.45) is 5.22. The molecule has 0 aliphatic heterocycles. The normalized spacial score (nSPS) is 14.8. The predicted octanol–water partition coefficient (Wildman–Crippen LogP) is 5.15. The SMILES string of the molecule is C[C@@H](C(=O)NC1CCCC1)N(Cc1ccc(Cl)cc1Cl)C(=O)CCCN(c1ccc(F)cc1)S(C)(=O)=O. The third kappa shape index (κ3) is 8.32. The van der Waals surface area contributed by atoms with Crippen LogP contribution >= 0.6 is 23.2 Å². The van der Waals surface area contributed by atoms with Crippen LogP contribution in [0.25, 0.3) is 0 Å². The van der Waals surface area contributed by atoms with Crippen LogP contribution in [0.3, 0.4) is 0 Å². The zero-order valence-electron chi connectivity index (χ0n) is 20.9. The smallest absolute Gasteiger partial charge is 0.242 e. The number of anilines is 1. The summed E-state index contributed by atoms with van der Waals surface area (Å²) >= 11 is 12.4. The van der Waals surface area contributed by atoms with E-state index in [1.54, 1.807) is 25.1 Å². The van der Waals surface area contributed by atoms with Crippen molar-refractivity contribution in [2.24, 2.45) is 0 Å². The van der Waals surface area contributed by atoms with Crippen molar-refractivity contribution in [3.05, 3.63) is 63.9 Å². The lowest BCUT2D eigenvalue weighted by Gasteiger charge is -2.30. The highest BCUT2D eigenvalue weighted by Gasteiger charge is 2.29. The third-order valence-electron chi connectivity index (χ3n) is 6.49. The van der Waals surface area contributed by atoms with Gasteiger partial charge in [-0.15, -0.1) is 0 Å². The summed E-state index contributed by atoms with van der Waals surface area (Å²) in [4.78, 5) is 27.9. The van der Waals surface area contributed by atoms with Gasteiger partial charge in [-0.1, -0.05) is 42.1 Å². The number of halogens is 3. The number of sulfonamides is 1. The van der Waals surface area contributed by atoms with Gasteiger partial charge in [0.15, 0.2) is 0 Å². The van der Waals surface area contributed by atoms with Gasteiger partial charge in [0, 0.05) is 35.6 Å². The monoisotopic (exact) mass is 571 g/mol. The fourth-order valence-electron chi connectivity index (χ4n) is 4.42. The summed E-state index contributed by atoms with van der Waals surface area (Å²) in [7, 11) is -3.66. The van der Waals surface area contributed by atoms with Gasteiger partial charge in [-0.2, -0.15) is 0 Å². The summed E-state index contributed by atoms with van der Waals surface area (Å²) in [5.41, 5.74) is 0.953. The van der Waals surface area contributed by atoms with Gasteiger partial charge in [0.2, 0.25) is 21.8 Å². The molecule has 1 fully saturated rings. The first-order valence-electron chi connectivity index (χ1n) is 12.2. The van der Waals surface area contributed by atoms with E-state index in [1.807, 2.05) is 0 Å². The molecule has 37 heavy (non-hydrogen) atoms. The maximum absolute atomic E-state index is 13.4. The molecule has 0 unspecified atom stereocenters. The molecule has 0 saturated heterocycles. The predicted molar refractivity (Wildman–Crippen MR) is 145 cm³/mol. The minimum absolute atomic E-state index is 0.000524. The molecule has 1 aliphatic carbocycles. The van der Waals surface area contributed by atoms with E-state index in [2.05, 4.69) is 5.32 Å². The zero-order valence-corrected chi connectivity index (χ0v) is 23.3. The van der Waals surface area contributed by atoms with Crippen LogP contribution in [-0.2, 0) is 26.2 Å². The molecule has 1 saturated carbocycles. The number of nitrogens with one attached hydrogen (secondary N) is 1. The number of benzene rings is 2. The first kappa shape index (κ1) is 29.2. The highest BCUT2D eigenvalue weighted by atomic mass is 35.5. The maximum atomic E-state index is 13.4. The van der Waals surface area contributed by atoms with Gasteiger partial charge in [0.25, 0.3) is 0 Å². The molecule has 0 aromatic heterocycles. The van der Waals surface area contributed by atoms with Crippen LogP contribution in [0.5, 0.6) is 0 Å². The van der Waals surface area contributed by atoms with Gasteiger partial charge >= 0.3 is 0 Å². The maximum Gasteiger partial charge on any atom is 0.242 e. The summed E-state index contributed by atoms with van der Waals surface area (Å²) in [5, 5.41) is 3.88. The van der Waals surface area contributed by atoms with Crippen LogP contribution in [0, 0.1) is 5.82 Å². The number of carbonyl (C=O) groups is 2. The number of carbonyl (C=O) groups excluding carboxylic acids is 2. The summed E-state index contributed by atoms with van der Waals surface area (Å²) in [5.74, 6) is -1.03. The first-order chi connectivity index (χ1) is 17.5. The molecular formula is C26H32Cl2FN3O4S. The average molecular weight is 573 g/mol.